The first-order valence-electron chi connectivity index (χ1n) is 4.19. The number of imidazole rings is 1. The summed E-state index contributed by atoms with van der Waals surface area (Å²) >= 11 is 0. The summed E-state index contributed by atoms with van der Waals surface area (Å²) in [5.41, 5.74) is 1.29. The molecular weight excluding hydrogens is 183 g/mol. The summed E-state index contributed by atoms with van der Waals surface area (Å²) < 4.78 is 14.6. The van der Waals surface area contributed by atoms with Crippen LogP contribution in [0.2, 0.25) is 0 Å². The second-order valence-corrected chi connectivity index (χ2v) is 2.90. The minimum Gasteiger partial charge on any atom is -0.392 e. The molecule has 0 unspecified atom stereocenters. The third kappa shape index (κ3) is 1.52. The molecule has 2 rings (SSSR count). The van der Waals surface area contributed by atoms with Crippen molar-refractivity contribution in [1.82, 2.24) is 9.55 Å². The van der Waals surface area contributed by atoms with E-state index in [1.807, 2.05) is 0 Å². The number of hydrogen-bond donors (Lipinski definition) is 1. The van der Waals surface area contributed by atoms with Gasteiger partial charge in [0.05, 0.1) is 18.6 Å². The van der Waals surface area contributed by atoms with E-state index < -0.39 is 0 Å². The minimum absolute atomic E-state index is 0.189. The molecule has 14 heavy (non-hydrogen) atoms. The molecule has 1 N–H and O–H groups in total. The van der Waals surface area contributed by atoms with Crippen molar-refractivity contribution in [3.63, 3.8) is 0 Å². The van der Waals surface area contributed by atoms with E-state index in [1.165, 1.54) is 12.1 Å². The quantitative estimate of drug-likeness (QED) is 0.783. The van der Waals surface area contributed by atoms with Crippen LogP contribution in [0.1, 0.15) is 5.56 Å². The fraction of sp³-hybridized carbons (Fsp3) is 0.100. The predicted molar refractivity (Wildman–Crippen MR) is 49.4 cm³/mol. The standard InChI is InChI=1S/C10H9FN2O/c11-9-1-2-10(8(5-9)6-14)13-4-3-12-7-13/h1-5,7,14H,6H2. The molecule has 0 fully saturated rings. The van der Waals surface area contributed by atoms with Crippen LogP contribution in [0, 0.1) is 5.82 Å². The Kier molecular flexibility index (Phi) is 2.28. The number of halogens is 1. The predicted octanol–water partition coefficient (Wildman–Crippen LogP) is 1.50. The number of aliphatic hydroxyl groups excluding tert-OH is 1. The molecule has 0 saturated carbocycles. The molecule has 1 aromatic carbocycles. The monoisotopic (exact) mass is 192 g/mol. The van der Waals surface area contributed by atoms with Crippen LogP contribution >= 0.6 is 0 Å². The smallest absolute Gasteiger partial charge is 0.123 e. The third-order valence-corrected chi connectivity index (χ3v) is 1.99. The lowest BCUT2D eigenvalue weighted by Gasteiger charge is -2.07. The molecule has 0 atom stereocenters. The van der Waals surface area contributed by atoms with Crippen molar-refractivity contribution in [2.45, 2.75) is 6.61 Å². The number of nitrogens with zero attached hydrogens (tertiary/aromatic N) is 2. The van der Waals surface area contributed by atoms with Crippen LogP contribution in [0.5, 0.6) is 0 Å². The molecule has 0 amide bonds. The molecule has 0 aliphatic heterocycles. The maximum Gasteiger partial charge on any atom is 0.123 e. The van der Waals surface area contributed by atoms with Gasteiger partial charge in [-0.3, -0.25) is 0 Å². The lowest BCUT2D eigenvalue weighted by atomic mass is 10.2. The van der Waals surface area contributed by atoms with Gasteiger partial charge in [-0.2, -0.15) is 0 Å². The molecule has 2 aromatic rings. The van der Waals surface area contributed by atoms with Crippen molar-refractivity contribution >= 4 is 0 Å². The summed E-state index contributed by atoms with van der Waals surface area (Å²) in [6.45, 7) is -0.189. The van der Waals surface area contributed by atoms with Gasteiger partial charge in [0.25, 0.3) is 0 Å². The van der Waals surface area contributed by atoms with Crippen LogP contribution in [0.4, 0.5) is 4.39 Å². The lowest BCUT2D eigenvalue weighted by Crippen LogP contribution is -1.97. The minimum atomic E-state index is -0.349. The Balaban J connectivity index is 2.53. The van der Waals surface area contributed by atoms with Crippen molar-refractivity contribution in [3.8, 4) is 5.69 Å². The van der Waals surface area contributed by atoms with Crippen molar-refractivity contribution in [1.29, 1.82) is 0 Å². The van der Waals surface area contributed by atoms with Gasteiger partial charge >= 0.3 is 0 Å². The van der Waals surface area contributed by atoms with E-state index in [-0.39, 0.29) is 12.4 Å². The molecule has 0 aliphatic carbocycles. The van der Waals surface area contributed by atoms with Crippen LogP contribution in [0.3, 0.4) is 0 Å². The topological polar surface area (TPSA) is 38.0 Å². The SMILES string of the molecule is OCc1cc(F)ccc1-n1ccnc1. The Bertz CT molecular complexity index is 426. The fourth-order valence-corrected chi connectivity index (χ4v) is 1.33. The molecule has 72 valence electrons. The first-order chi connectivity index (χ1) is 6.81. The Morgan fingerprint density at radius 3 is 2.93 bits per heavy atom. The van der Waals surface area contributed by atoms with E-state index in [0.29, 0.717) is 5.56 Å². The van der Waals surface area contributed by atoms with Gasteiger partial charge < -0.3 is 9.67 Å². The highest BCUT2D eigenvalue weighted by Crippen LogP contribution is 2.15. The summed E-state index contributed by atoms with van der Waals surface area (Å²) in [7, 11) is 0. The average molecular weight is 192 g/mol. The first-order valence-corrected chi connectivity index (χ1v) is 4.19. The maximum atomic E-state index is 12.8. The number of aromatic nitrogens is 2. The number of aliphatic hydroxyl groups is 1. The summed E-state index contributed by atoms with van der Waals surface area (Å²) in [6, 6.07) is 4.28. The highest BCUT2D eigenvalue weighted by Gasteiger charge is 2.04. The van der Waals surface area contributed by atoms with E-state index >= 15 is 0 Å². The van der Waals surface area contributed by atoms with Gasteiger partial charge in [0.1, 0.15) is 5.82 Å². The van der Waals surface area contributed by atoms with Crippen molar-refractivity contribution in [2.75, 3.05) is 0 Å². The second kappa shape index (κ2) is 3.59. The molecular formula is C10H9FN2O. The molecule has 0 spiro atoms. The van der Waals surface area contributed by atoms with Crippen molar-refractivity contribution < 1.29 is 9.50 Å². The van der Waals surface area contributed by atoms with Crippen LogP contribution in [0.25, 0.3) is 5.69 Å². The van der Waals surface area contributed by atoms with E-state index in [4.69, 9.17) is 5.11 Å². The van der Waals surface area contributed by atoms with E-state index in [9.17, 15) is 4.39 Å². The molecule has 1 heterocycles. The van der Waals surface area contributed by atoms with Crippen molar-refractivity contribution in [3.05, 3.63) is 48.3 Å². The second-order valence-electron chi connectivity index (χ2n) is 2.90. The lowest BCUT2D eigenvalue weighted by molar-refractivity contribution is 0.281. The van der Waals surface area contributed by atoms with Gasteiger partial charge in [-0.1, -0.05) is 0 Å². The van der Waals surface area contributed by atoms with Gasteiger partial charge in [0.15, 0.2) is 0 Å². The molecule has 0 saturated heterocycles. The highest BCUT2D eigenvalue weighted by atomic mass is 19.1. The van der Waals surface area contributed by atoms with Crippen LogP contribution in [-0.2, 0) is 6.61 Å². The van der Waals surface area contributed by atoms with Gasteiger partial charge in [0, 0.05) is 18.0 Å². The Labute approximate surface area is 80.5 Å². The number of benzene rings is 1. The molecule has 1 aromatic heterocycles. The zero-order valence-corrected chi connectivity index (χ0v) is 7.39. The summed E-state index contributed by atoms with van der Waals surface area (Å²) in [5.74, 6) is -0.349. The molecule has 0 aliphatic rings. The van der Waals surface area contributed by atoms with Crippen LogP contribution in [0.15, 0.2) is 36.9 Å². The summed E-state index contributed by atoms with van der Waals surface area (Å²) in [4.78, 5) is 3.88. The average Bonchev–Trinajstić information content (AvgIpc) is 2.70. The Hall–Kier alpha value is -1.68. The summed E-state index contributed by atoms with van der Waals surface area (Å²) in [6.07, 6.45) is 4.98. The number of rotatable bonds is 2. The summed E-state index contributed by atoms with van der Waals surface area (Å²) in [5, 5.41) is 9.04. The van der Waals surface area contributed by atoms with Crippen LogP contribution in [-0.4, -0.2) is 14.7 Å². The zero-order chi connectivity index (χ0) is 9.97. The molecule has 3 nitrogen and oxygen atoms in total. The first kappa shape index (κ1) is 8.90. The van der Waals surface area contributed by atoms with E-state index in [0.717, 1.165) is 5.69 Å². The Morgan fingerprint density at radius 1 is 1.43 bits per heavy atom. The fourth-order valence-electron chi connectivity index (χ4n) is 1.33. The highest BCUT2D eigenvalue weighted by molar-refractivity contribution is 5.40. The third-order valence-electron chi connectivity index (χ3n) is 1.99. The molecule has 0 bridgehead atoms. The normalized spacial score (nSPS) is 10.4. The largest absolute Gasteiger partial charge is 0.392 e. The van der Waals surface area contributed by atoms with Crippen molar-refractivity contribution in [2.24, 2.45) is 0 Å². The van der Waals surface area contributed by atoms with Gasteiger partial charge in [-0.25, -0.2) is 9.37 Å². The maximum absolute atomic E-state index is 12.8. The van der Waals surface area contributed by atoms with E-state index in [2.05, 4.69) is 4.98 Å². The van der Waals surface area contributed by atoms with E-state index in [1.54, 1.807) is 29.4 Å². The van der Waals surface area contributed by atoms with Crippen LogP contribution < -0.4 is 0 Å². The number of hydrogen-bond acceptors (Lipinski definition) is 2. The van der Waals surface area contributed by atoms with Gasteiger partial charge in [-0.15, -0.1) is 0 Å². The molecule has 0 radical (unpaired) electrons. The molecule has 4 heteroatoms. The zero-order valence-electron chi connectivity index (χ0n) is 7.39. The van der Waals surface area contributed by atoms with Gasteiger partial charge in [0.2, 0.25) is 0 Å². The van der Waals surface area contributed by atoms with Gasteiger partial charge in [-0.05, 0) is 18.2 Å². The Morgan fingerprint density at radius 2 is 2.29 bits per heavy atom.